The third-order valence-electron chi connectivity index (χ3n) is 5.97. The van der Waals surface area contributed by atoms with Gasteiger partial charge >= 0.3 is 6.09 Å². The lowest BCUT2D eigenvalue weighted by atomic mass is 9.82. The van der Waals surface area contributed by atoms with Crippen molar-refractivity contribution in [3.05, 3.63) is 29.6 Å². The Morgan fingerprint density at radius 2 is 1.82 bits per heavy atom. The van der Waals surface area contributed by atoms with Gasteiger partial charge in [0, 0.05) is 26.0 Å². The predicted octanol–water partition coefficient (Wildman–Crippen LogP) is 3.66. The van der Waals surface area contributed by atoms with Crippen LogP contribution in [0.5, 0.6) is 0 Å². The number of amides is 1. The minimum absolute atomic E-state index is 0.0136. The summed E-state index contributed by atoms with van der Waals surface area (Å²) in [6.45, 7) is 1.79. The zero-order valence-electron chi connectivity index (χ0n) is 16.1. The number of halogens is 1. The fraction of sp³-hybridized carbons (Fsp3) is 0.650. The van der Waals surface area contributed by atoms with E-state index in [1.165, 1.54) is 11.0 Å². The second kappa shape index (κ2) is 8.78. The fourth-order valence-corrected chi connectivity index (χ4v) is 4.81. The summed E-state index contributed by atoms with van der Waals surface area (Å²) in [7, 11) is -3.40. The van der Waals surface area contributed by atoms with Gasteiger partial charge in [-0.2, -0.15) is 0 Å². The molecule has 1 saturated heterocycles. The van der Waals surface area contributed by atoms with Crippen molar-refractivity contribution in [1.29, 1.82) is 0 Å². The second-order valence-corrected chi connectivity index (χ2v) is 9.99. The number of sulfone groups is 1. The van der Waals surface area contributed by atoms with Crippen LogP contribution in [0.15, 0.2) is 23.1 Å². The summed E-state index contributed by atoms with van der Waals surface area (Å²) in [6, 6.07) is 4.21. The summed E-state index contributed by atoms with van der Waals surface area (Å²) in [5, 5.41) is 8.99. The van der Waals surface area contributed by atoms with Gasteiger partial charge in [-0.25, -0.2) is 17.6 Å². The van der Waals surface area contributed by atoms with E-state index in [9.17, 15) is 17.6 Å². The van der Waals surface area contributed by atoms with Gasteiger partial charge in [0.25, 0.3) is 0 Å². The van der Waals surface area contributed by atoms with Gasteiger partial charge in [0.1, 0.15) is 5.82 Å². The van der Waals surface area contributed by atoms with Crippen LogP contribution >= 0.6 is 0 Å². The minimum atomic E-state index is -3.40. The molecule has 156 valence electrons. The van der Waals surface area contributed by atoms with E-state index in [0.717, 1.165) is 50.8 Å². The molecule has 0 spiro atoms. The van der Waals surface area contributed by atoms with Crippen molar-refractivity contribution >= 4 is 15.9 Å². The van der Waals surface area contributed by atoms with Gasteiger partial charge in [-0.3, -0.25) is 0 Å². The number of likely N-dealkylation sites (tertiary alicyclic amines) is 1. The summed E-state index contributed by atoms with van der Waals surface area (Å²) >= 11 is 0. The lowest BCUT2D eigenvalue weighted by Gasteiger charge is -2.33. The summed E-state index contributed by atoms with van der Waals surface area (Å²) in [6.07, 6.45) is 5.39. The molecule has 1 aromatic rings. The maximum Gasteiger partial charge on any atom is 0.407 e. The molecule has 28 heavy (non-hydrogen) atoms. The first-order valence-electron chi connectivity index (χ1n) is 9.83. The molecule has 3 rings (SSSR count). The first-order valence-corrected chi connectivity index (χ1v) is 11.7. The Labute approximate surface area is 165 Å². The molecule has 1 heterocycles. The highest BCUT2D eigenvalue weighted by atomic mass is 32.2. The number of piperidine rings is 1. The van der Waals surface area contributed by atoms with Crippen molar-refractivity contribution in [3.63, 3.8) is 0 Å². The van der Waals surface area contributed by atoms with Crippen LogP contribution in [-0.4, -0.2) is 56.6 Å². The van der Waals surface area contributed by atoms with Crippen molar-refractivity contribution in [2.75, 3.05) is 26.0 Å². The zero-order chi connectivity index (χ0) is 20.3. The van der Waals surface area contributed by atoms with Gasteiger partial charge in [0.2, 0.25) is 0 Å². The highest BCUT2D eigenvalue weighted by Crippen LogP contribution is 2.36. The molecule has 0 atom stereocenters. The number of carbonyl (C=O) groups is 1. The zero-order valence-corrected chi connectivity index (χ0v) is 17.0. The molecule has 1 aliphatic carbocycles. The van der Waals surface area contributed by atoms with Crippen molar-refractivity contribution in [1.82, 2.24) is 4.90 Å². The predicted molar refractivity (Wildman–Crippen MR) is 103 cm³/mol. The largest absolute Gasteiger partial charge is 0.465 e. The van der Waals surface area contributed by atoms with E-state index < -0.39 is 21.7 Å². The van der Waals surface area contributed by atoms with Crippen LogP contribution < -0.4 is 0 Å². The molecule has 2 fully saturated rings. The average molecular weight is 414 g/mol. The van der Waals surface area contributed by atoms with Crippen LogP contribution in [0.1, 0.15) is 50.0 Å². The average Bonchev–Trinajstić information content (AvgIpc) is 2.66. The van der Waals surface area contributed by atoms with E-state index in [-0.39, 0.29) is 16.9 Å². The lowest BCUT2D eigenvalue weighted by molar-refractivity contribution is -0.00686. The molecule has 1 aromatic carbocycles. The molecular weight excluding hydrogens is 385 g/mol. The molecule has 6 nitrogen and oxygen atoms in total. The van der Waals surface area contributed by atoms with Gasteiger partial charge in [-0.1, -0.05) is 6.07 Å². The first-order chi connectivity index (χ1) is 13.2. The smallest absolute Gasteiger partial charge is 0.407 e. The van der Waals surface area contributed by atoms with Gasteiger partial charge in [0.05, 0.1) is 11.0 Å². The number of rotatable bonds is 5. The standard InChI is InChI=1S/C20H28FNO5S/c1-28(25,26)17-6-7-18(19(21)12-17)15-2-4-16(5-3-15)27-13-14-8-10-22(11-9-14)20(23)24/h6-7,12,14-16H,2-5,8-11,13H2,1H3,(H,23,24). The number of nitrogens with zero attached hydrogens (tertiary/aromatic N) is 1. The van der Waals surface area contributed by atoms with Crippen LogP contribution in [0.4, 0.5) is 9.18 Å². The van der Waals surface area contributed by atoms with Crippen LogP contribution in [0.3, 0.4) is 0 Å². The molecule has 0 aromatic heterocycles. The van der Waals surface area contributed by atoms with Crippen LogP contribution in [-0.2, 0) is 14.6 Å². The van der Waals surface area contributed by atoms with E-state index in [1.54, 1.807) is 6.07 Å². The Hall–Kier alpha value is -1.67. The normalized spacial score (nSPS) is 24.3. The molecule has 0 bridgehead atoms. The number of benzene rings is 1. The van der Waals surface area contributed by atoms with Crippen molar-refractivity contribution in [2.24, 2.45) is 5.92 Å². The Morgan fingerprint density at radius 1 is 1.18 bits per heavy atom. The number of ether oxygens (including phenoxy) is 1. The van der Waals surface area contributed by atoms with Gasteiger partial charge in [-0.15, -0.1) is 0 Å². The molecule has 2 aliphatic rings. The molecule has 1 aliphatic heterocycles. The second-order valence-electron chi connectivity index (χ2n) is 7.98. The van der Waals surface area contributed by atoms with Gasteiger partial charge in [-0.05, 0) is 68.1 Å². The molecule has 8 heteroatoms. The molecule has 0 radical (unpaired) electrons. The van der Waals surface area contributed by atoms with E-state index in [1.807, 2.05) is 0 Å². The fourth-order valence-electron chi connectivity index (χ4n) is 4.17. The van der Waals surface area contributed by atoms with Crippen LogP contribution in [0, 0.1) is 11.7 Å². The van der Waals surface area contributed by atoms with Crippen molar-refractivity contribution < 1.29 is 27.4 Å². The summed E-state index contributed by atoms with van der Waals surface area (Å²) in [5.41, 5.74) is 0.590. The Morgan fingerprint density at radius 3 is 2.36 bits per heavy atom. The van der Waals surface area contributed by atoms with E-state index >= 15 is 0 Å². The number of carboxylic acid groups (broad SMARTS) is 1. The Balaban J connectivity index is 1.46. The highest BCUT2D eigenvalue weighted by Gasteiger charge is 2.27. The van der Waals surface area contributed by atoms with Crippen LogP contribution in [0.2, 0.25) is 0 Å². The van der Waals surface area contributed by atoms with Crippen molar-refractivity contribution in [2.45, 2.75) is 55.4 Å². The topological polar surface area (TPSA) is 83.9 Å². The monoisotopic (exact) mass is 413 g/mol. The quantitative estimate of drug-likeness (QED) is 0.796. The molecule has 1 saturated carbocycles. The summed E-state index contributed by atoms with van der Waals surface area (Å²) in [5.74, 6) is 0.0408. The minimum Gasteiger partial charge on any atom is -0.465 e. The Bertz CT molecular complexity index is 797. The number of hydrogen-bond donors (Lipinski definition) is 1. The molecular formula is C20H28FNO5S. The van der Waals surface area contributed by atoms with Gasteiger partial charge < -0.3 is 14.7 Å². The highest BCUT2D eigenvalue weighted by molar-refractivity contribution is 7.90. The van der Waals surface area contributed by atoms with Crippen LogP contribution in [0.25, 0.3) is 0 Å². The third kappa shape index (κ3) is 5.23. The first kappa shape index (κ1) is 21.0. The van der Waals surface area contributed by atoms with Gasteiger partial charge in [0.15, 0.2) is 9.84 Å². The maximum atomic E-state index is 14.4. The van der Waals surface area contributed by atoms with E-state index in [0.29, 0.717) is 31.2 Å². The van der Waals surface area contributed by atoms with Crippen molar-refractivity contribution in [3.8, 4) is 0 Å². The molecule has 1 amide bonds. The SMILES string of the molecule is CS(=O)(=O)c1ccc(C2CCC(OCC3CCN(C(=O)O)CC3)CC2)c(F)c1. The maximum absolute atomic E-state index is 14.4. The van der Waals surface area contributed by atoms with E-state index in [4.69, 9.17) is 9.84 Å². The third-order valence-corrected chi connectivity index (χ3v) is 7.08. The molecule has 0 unspecified atom stereocenters. The van der Waals surface area contributed by atoms with E-state index in [2.05, 4.69) is 0 Å². The molecule has 1 N–H and O–H groups in total. The lowest BCUT2D eigenvalue weighted by Crippen LogP contribution is -2.39. The summed E-state index contributed by atoms with van der Waals surface area (Å²) < 4.78 is 43.6. The summed E-state index contributed by atoms with van der Waals surface area (Å²) in [4.78, 5) is 12.4. The Kier molecular flexibility index (Phi) is 6.60. The number of hydrogen-bond acceptors (Lipinski definition) is 4.